The summed E-state index contributed by atoms with van der Waals surface area (Å²) in [6.07, 6.45) is 12.1. The van der Waals surface area contributed by atoms with Crippen LogP contribution in [0, 0.1) is 0 Å². The summed E-state index contributed by atoms with van der Waals surface area (Å²) >= 11 is 4.40. The molecule has 0 saturated carbocycles. The van der Waals surface area contributed by atoms with Gasteiger partial charge in [-0.15, -0.1) is 23.5 Å². The monoisotopic (exact) mass is 376 g/mol. The summed E-state index contributed by atoms with van der Waals surface area (Å²) < 4.78 is 7.78. The highest BCUT2D eigenvalue weighted by atomic mass is 32.2. The number of hydrogen-bond acceptors (Lipinski definition) is 4. The molecule has 1 aromatic heterocycles. The second-order valence-electron chi connectivity index (χ2n) is 6.68. The van der Waals surface area contributed by atoms with Crippen LogP contribution in [0.3, 0.4) is 0 Å². The van der Waals surface area contributed by atoms with Crippen LogP contribution in [-0.4, -0.2) is 31.7 Å². The number of rotatable bonds is 9. The van der Waals surface area contributed by atoms with Crippen LogP contribution in [-0.2, 0) is 13.0 Å². The number of thioether (sulfide) groups is 2. The normalized spacial score (nSPS) is 23.0. The topological polar surface area (TPSA) is 27.1 Å². The van der Waals surface area contributed by atoms with Crippen LogP contribution < -0.4 is 4.74 Å². The maximum absolute atomic E-state index is 5.30. The van der Waals surface area contributed by atoms with Gasteiger partial charge in [-0.2, -0.15) is 0 Å². The molecule has 5 heteroatoms. The van der Waals surface area contributed by atoms with E-state index in [-0.39, 0.29) is 4.08 Å². The molecule has 0 bridgehead atoms. The molecule has 0 radical (unpaired) electrons. The molecule has 1 aliphatic heterocycles. The van der Waals surface area contributed by atoms with Crippen molar-refractivity contribution in [2.24, 2.45) is 0 Å². The maximum atomic E-state index is 5.30. The largest absolute Gasteiger partial charge is 0.497 e. The zero-order valence-electron chi connectivity index (χ0n) is 15.2. The number of aromatic nitrogens is 2. The Hall–Kier alpha value is -1.07. The maximum Gasteiger partial charge on any atom is 0.118 e. The van der Waals surface area contributed by atoms with Crippen molar-refractivity contribution in [3.8, 4) is 5.75 Å². The first-order chi connectivity index (χ1) is 12.2. The van der Waals surface area contributed by atoms with Gasteiger partial charge in [0.25, 0.3) is 0 Å². The number of aryl methyl sites for hydroxylation is 1. The van der Waals surface area contributed by atoms with Crippen LogP contribution in [0.15, 0.2) is 43.0 Å². The molecule has 136 valence electrons. The van der Waals surface area contributed by atoms with E-state index >= 15 is 0 Å². The van der Waals surface area contributed by atoms with Gasteiger partial charge in [-0.1, -0.05) is 31.9 Å². The summed E-state index contributed by atoms with van der Waals surface area (Å²) in [7, 11) is 1.72. The Balaban J connectivity index is 1.69. The van der Waals surface area contributed by atoms with E-state index in [4.69, 9.17) is 4.74 Å². The molecule has 2 heterocycles. The van der Waals surface area contributed by atoms with Crippen LogP contribution in [0.5, 0.6) is 5.75 Å². The molecular weight excluding hydrogens is 348 g/mol. The van der Waals surface area contributed by atoms with Gasteiger partial charge in [-0.05, 0) is 37.0 Å². The van der Waals surface area contributed by atoms with Crippen LogP contribution in [0.2, 0.25) is 0 Å². The fourth-order valence-electron chi connectivity index (χ4n) is 3.28. The molecule has 1 fully saturated rings. The molecule has 2 atom stereocenters. The van der Waals surface area contributed by atoms with Crippen molar-refractivity contribution in [1.29, 1.82) is 0 Å². The predicted molar refractivity (Wildman–Crippen MR) is 110 cm³/mol. The highest BCUT2D eigenvalue weighted by molar-refractivity contribution is 8.21. The summed E-state index contributed by atoms with van der Waals surface area (Å²) in [4.78, 5) is 4.18. The van der Waals surface area contributed by atoms with Gasteiger partial charge >= 0.3 is 0 Å². The Kier molecular flexibility index (Phi) is 6.77. The van der Waals surface area contributed by atoms with E-state index in [0.29, 0.717) is 0 Å². The van der Waals surface area contributed by atoms with Gasteiger partial charge in [0.05, 0.1) is 17.5 Å². The SMILES string of the molecule is CCCCC1CSC(CCn2ccnc2)(Cc2ccc(OC)cc2)S1. The predicted octanol–water partition coefficient (Wildman–Crippen LogP) is 5.26. The van der Waals surface area contributed by atoms with Gasteiger partial charge in [0, 0.05) is 29.9 Å². The number of benzene rings is 1. The van der Waals surface area contributed by atoms with Gasteiger partial charge in [0.15, 0.2) is 0 Å². The van der Waals surface area contributed by atoms with Crippen LogP contribution >= 0.6 is 23.5 Å². The Morgan fingerprint density at radius 1 is 1.32 bits per heavy atom. The Bertz CT molecular complexity index is 630. The molecule has 0 aliphatic carbocycles. The lowest BCUT2D eigenvalue weighted by atomic mass is 10.1. The zero-order chi connectivity index (χ0) is 17.5. The van der Waals surface area contributed by atoms with E-state index < -0.39 is 0 Å². The quantitative estimate of drug-likeness (QED) is 0.596. The van der Waals surface area contributed by atoms with Crippen molar-refractivity contribution in [1.82, 2.24) is 9.55 Å². The summed E-state index contributed by atoms with van der Waals surface area (Å²) in [6.45, 7) is 3.33. The van der Waals surface area contributed by atoms with E-state index in [0.717, 1.165) is 24.0 Å². The second kappa shape index (κ2) is 9.04. The lowest BCUT2D eigenvalue weighted by molar-refractivity contribution is 0.414. The third-order valence-corrected chi connectivity index (χ3v) is 8.55. The third-order valence-electron chi connectivity index (χ3n) is 4.74. The molecule has 1 saturated heterocycles. The van der Waals surface area contributed by atoms with E-state index in [1.807, 2.05) is 12.5 Å². The van der Waals surface area contributed by atoms with Crippen LogP contribution in [0.25, 0.3) is 0 Å². The molecule has 3 nitrogen and oxygen atoms in total. The standard InChI is InChI=1S/C20H28N2OS2/c1-3-4-5-19-15-24-20(25-19,10-12-22-13-11-21-16-22)14-17-6-8-18(23-2)9-7-17/h6-9,11,13,16,19H,3-5,10,12,14-15H2,1-2H3. The van der Waals surface area contributed by atoms with Crippen LogP contribution in [0.4, 0.5) is 0 Å². The van der Waals surface area contributed by atoms with Crippen molar-refractivity contribution in [3.63, 3.8) is 0 Å². The van der Waals surface area contributed by atoms with E-state index in [1.165, 1.54) is 37.0 Å². The number of hydrogen-bond donors (Lipinski definition) is 0. The molecule has 0 N–H and O–H groups in total. The average Bonchev–Trinajstić information content (AvgIpc) is 3.29. The third kappa shape index (κ3) is 5.20. The van der Waals surface area contributed by atoms with Crippen molar-refractivity contribution in [3.05, 3.63) is 48.5 Å². The highest BCUT2D eigenvalue weighted by Crippen LogP contribution is 2.53. The minimum atomic E-state index is 0.275. The summed E-state index contributed by atoms with van der Waals surface area (Å²) in [5, 5.41) is 0.797. The summed E-state index contributed by atoms with van der Waals surface area (Å²) in [5.74, 6) is 2.22. The van der Waals surface area contributed by atoms with Gasteiger partial charge in [-0.3, -0.25) is 0 Å². The zero-order valence-corrected chi connectivity index (χ0v) is 16.8. The van der Waals surface area contributed by atoms with Gasteiger partial charge in [0.1, 0.15) is 5.75 Å². The lowest BCUT2D eigenvalue weighted by Gasteiger charge is -2.28. The fraction of sp³-hybridized carbons (Fsp3) is 0.550. The molecule has 2 unspecified atom stereocenters. The van der Waals surface area contributed by atoms with Gasteiger partial charge < -0.3 is 9.30 Å². The van der Waals surface area contributed by atoms with Crippen molar-refractivity contribution in [2.45, 2.75) is 54.9 Å². The number of imidazole rings is 1. The second-order valence-corrected chi connectivity index (χ2v) is 10.0. The fourth-order valence-corrected chi connectivity index (χ4v) is 7.15. The summed E-state index contributed by atoms with van der Waals surface area (Å²) in [6, 6.07) is 8.60. The lowest BCUT2D eigenvalue weighted by Crippen LogP contribution is -2.23. The first-order valence-electron chi connectivity index (χ1n) is 9.13. The molecule has 1 aromatic carbocycles. The number of unbranched alkanes of at least 4 members (excludes halogenated alkanes) is 1. The van der Waals surface area contributed by atoms with Crippen molar-refractivity contribution >= 4 is 23.5 Å². The Morgan fingerprint density at radius 2 is 2.16 bits per heavy atom. The Labute approximate surface area is 159 Å². The molecule has 1 aliphatic rings. The van der Waals surface area contributed by atoms with E-state index in [1.54, 1.807) is 7.11 Å². The van der Waals surface area contributed by atoms with E-state index in [9.17, 15) is 0 Å². The molecule has 3 rings (SSSR count). The Morgan fingerprint density at radius 3 is 2.84 bits per heavy atom. The average molecular weight is 377 g/mol. The highest BCUT2D eigenvalue weighted by Gasteiger charge is 2.40. The molecule has 25 heavy (non-hydrogen) atoms. The molecule has 0 amide bonds. The van der Waals surface area contributed by atoms with Crippen LogP contribution in [0.1, 0.15) is 38.2 Å². The van der Waals surface area contributed by atoms with Crippen molar-refractivity contribution in [2.75, 3.05) is 12.9 Å². The minimum absolute atomic E-state index is 0.275. The molecule has 0 spiro atoms. The van der Waals surface area contributed by atoms with Gasteiger partial charge in [-0.25, -0.2) is 4.98 Å². The first-order valence-corrected chi connectivity index (χ1v) is 11.0. The first kappa shape index (κ1) is 18.7. The number of nitrogens with zero attached hydrogens (tertiary/aromatic N) is 2. The minimum Gasteiger partial charge on any atom is -0.497 e. The van der Waals surface area contributed by atoms with E-state index in [2.05, 4.69) is 70.5 Å². The van der Waals surface area contributed by atoms with Crippen molar-refractivity contribution < 1.29 is 4.74 Å². The molecular formula is C20H28N2OS2. The summed E-state index contributed by atoms with van der Waals surface area (Å²) in [5.41, 5.74) is 1.41. The number of ether oxygens (including phenoxy) is 1. The smallest absolute Gasteiger partial charge is 0.118 e. The molecule has 2 aromatic rings. The van der Waals surface area contributed by atoms with Gasteiger partial charge in [0.2, 0.25) is 0 Å². The number of methoxy groups -OCH3 is 1.